The topological polar surface area (TPSA) is 47.4 Å². The zero-order chi connectivity index (χ0) is 13.1. The zero-order valence-corrected chi connectivity index (χ0v) is 11.3. The molecule has 0 aliphatic carbocycles. The van der Waals surface area contributed by atoms with Crippen molar-refractivity contribution >= 4 is 5.91 Å². The normalized spacial score (nSPS) is 21.3. The molecule has 1 aromatic heterocycles. The van der Waals surface area contributed by atoms with Gasteiger partial charge in [0.1, 0.15) is 11.9 Å². The summed E-state index contributed by atoms with van der Waals surface area (Å²) in [6.07, 6.45) is 5.69. The first-order chi connectivity index (χ1) is 8.65. The van der Waals surface area contributed by atoms with E-state index in [9.17, 15) is 4.79 Å². The molecule has 0 aromatic carbocycles. The molecule has 1 amide bonds. The summed E-state index contributed by atoms with van der Waals surface area (Å²) in [5, 5.41) is 0. The molecule has 1 aliphatic heterocycles. The molecule has 1 aliphatic rings. The van der Waals surface area contributed by atoms with E-state index in [4.69, 9.17) is 4.74 Å². The minimum Gasteiger partial charge on any atom is -0.383 e. The Labute approximate surface area is 108 Å². The first-order valence-corrected chi connectivity index (χ1v) is 6.44. The fraction of sp³-hybridized carbons (Fsp3) is 0.692. The van der Waals surface area contributed by atoms with Crippen molar-refractivity contribution in [2.45, 2.75) is 38.8 Å². The van der Waals surface area contributed by atoms with Gasteiger partial charge in [-0.25, -0.2) is 4.98 Å². The highest BCUT2D eigenvalue weighted by molar-refractivity contribution is 5.80. The van der Waals surface area contributed by atoms with Gasteiger partial charge in [-0.05, 0) is 26.7 Å². The third-order valence-corrected chi connectivity index (χ3v) is 3.66. The Balaban J connectivity index is 2.09. The summed E-state index contributed by atoms with van der Waals surface area (Å²) in [4.78, 5) is 18.6. The number of carbonyl (C=O) groups is 1. The number of methoxy groups -OCH3 is 1. The second-order valence-corrected chi connectivity index (χ2v) is 4.84. The molecule has 2 heterocycles. The Hall–Kier alpha value is -1.36. The predicted octanol–water partition coefficient (Wildman–Crippen LogP) is 1.39. The van der Waals surface area contributed by atoms with Crippen LogP contribution in [0.3, 0.4) is 0 Å². The highest BCUT2D eigenvalue weighted by Gasteiger charge is 2.32. The number of hydrogen-bond donors (Lipinski definition) is 0. The lowest BCUT2D eigenvalue weighted by atomic mass is 10.2. The van der Waals surface area contributed by atoms with Gasteiger partial charge >= 0.3 is 0 Å². The number of aromatic nitrogens is 2. The predicted molar refractivity (Wildman–Crippen MR) is 68.3 cm³/mol. The summed E-state index contributed by atoms with van der Waals surface area (Å²) in [5.41, 5.74) is 0. The largest absolute Gasteiger partial charge is 0.383 e. The van der Waals surface area contributed by atoms with Gasteiger partial charge in [0, 0.05) is 26.0 Å². The zero-order valence-electron chi connectivity index (χ0n) is 11.3. The minimum absolute atomic E-state index is 0.163. The number of aryl methyl sites for hydroxylation is 1. The van der Waals surface area contributed by atoms with Crippen LogP contribution in [-0.4, -0.2) is 46.7 Å². The maximum absolute atomic E-state index is 12.5. The lowest BCUT2D eigenvalue weighted by Crippen LogP contribution is -2.41. The average Bonchev–Trinajstić information content (AvgIpc) is 2.97. The van der Waals surface area contributed by atoms with Crippen molar-refractivity contribution in [2.24, 2.45) is 0 Å². The maximum atomic E-state index is 12.5. The Morgan fingerprint density at radius 3 is 3.06 bits per heavy atom. The van der Waals surface area contributed by atoms with Gasteiger partial charge in [-0.1, -0.05) is 0 Å². The van der Waals surface area contributed by atoms with Crippen LogP contribution in [0, 0.1) is 6.92 Å². The summed E-state index contributed by atoms with van der Waals surface area (Å²) < 4.78 is 7.11. The molecule has 0 bridgehead atoms. The van der Waals surface area contributed by atoms with Gasteiger partial charge in [-0.15, -0.1) is 0 Å². The first-order valence-electron chi connectivity index (χ1n) is 6.44. The van der Waals surface area contributed by atoms with Crippen LogP contribution in [0.15, 0.2) is 12.4 Å². The molecule has 0 saturated carbocycles. The molecular weight excluding hydrogens is 230 g/mol. The van der Waals surface area contributed by atoms with E-state index in [1.165, 1.54) is 0 Å². The van der Waals surface area contributed by atoms with Crippen molar-refractivity contribution < 1.29 is 9.53 Å². The fourth-order valence-corrected chi connectivity index (χ4v) is 2.65. The van der Waals surface area contributed by atoms with E-state index < -0.39 is 0 Å². The van der Waals surface area contributed by atoms with Crippen molar-refractivity contribution in [1.82, 2.24) is 14.5 Å². The van der Waals surface area contributed by atoms with E-state index in [1.54, 1.807) is 13.3 Å². The molecule has 1 saturated heterocycles. The van der Waals surface area contributed by atoms with Gasteiger partial charge in [0.2, 0.25) is 5.91 Å². The van der Waals surface area contributed by atoms with Gasteiger partial charge in [0.25, 0.3) is 0 Å². The van der Waals surface area contributed by atoms with Gasteiger partial charge in [0.05, 0.1) is 12.6 Å². The van der Waals surface area contributed by atoms with E-state index in [0.717, 1.165) is 25.2 Å². The molecule has 2 rings (SSSR count). The molecule has 0 spiro atoms. The summed E-state index contributed by atoms with van der Waals surface area (Å²) in [5.74, 6) is 1.04. The SMILES string of the molecule is COC[C@@H]1CCCN1C(=O)C(C)n1ccnc1C. The summed E-state index contributed by atoms with van der Waals surface area (Å²) in [6, 6.07) is 0.0405. The van der Waals surface area contributed by atoms with Crippen LogP contribution in [0.2, 0.25) is 0 Å². The first kappa shape index (κ1) is 13.1. The molecule has 1 fully saturated rings. The fourth-order valence-electron chi connectivity index (χ4n) is 2.65. The number of carbonyl (C=O) groups excluding carboxylic acids is 1. The third-order valence-electron chi connectivity index (χ3n) is 3.66. The molecule has 2 atom stereocenters. The Morgan fingerprint density at radius 2 is 2.44 bits per heavy atom. The van der Waals surface area contributed by atoms with Gasteiger partial charge < -0.3 is 14.2 Å². The number of imidazole rings is 1. The van der Waals surface area contributed by atoms with Crippen LogP contribution < -0.4 is 0 Å². The number of rotatable bonds is 4. The van der Waals surface area contributed by atoms with Crippen LogP contribution >= 0.6 is 0 Å². The summed E-state index contributed by atoms with van der Waals surface area (Å²) >= 11 is 0. The molecule has 18 heavy (non-hydrogen) atoms. The molecule has 5 nitrogen and oxygen atoms in total. The Bertz CT molecular complexity index is 416. The molecule has 1 unspecified atom stereocenters. The highest BCUT2D eigenvalue weighted by Crippen LogP contribution is 2.22. The van der Waals surface area contributed by atoms with Crippen molar-refractivity contribution in [2.75, 3.05) is 20.3 Å². The molecular formula is C13H21N3O2. The second-order valence-electron chi connectivity index (χ2n) is 4.84. The third kappa shape index (κ3) is 2.41. The van der Waals surface area contributed by atoms with Crippen molar-refractivity contribution in [3.63, 3.8) is 0 Å². The average molecular weight is 251 g/mol. The molecule has 1 aromatic rings. The van der Waals surface area contributed by atoms with Crippen LogP contribution in [0.5, 0.6) is 0 Å². The molecule has 0 N–H and O–H groups in total. The number of amides is 1. The monoisotopic (exact) mass is 251 g/mol. The Morgan fingerprint density at radius 1 is 1.67 bits per heavy atom. The standard InChI is InChI=1S/C13H21N3O2/c1-10(15-8-6-14-11(15)2)13(17)16-7-4-5-12(16)9-18-3/h6,8,10,12H,4-5,7,9H2,1-3H3/t10?,12-/m0/s1. The van der Waals surface area contributed by atoms with E-state index in [2.05, 4.69) is 4.98 Å². The van der Waals surface area contributed by atoms with E-state index in [1.807, 2.05) is 29.5 Å². The van der Waals surface area contributed by atoms with Gasteiger partial charge in [-0.2, -0.15) is 0 Å². The van der Waals surface area contributed by atoms with E-state index in [-0.39, 0.29) is 18.0 Å². The van der Waals surface area contributed by atoms with Crippen LogP contribution in [0.4, 0.5) is 0 Å². The smallest absolute Gasteiger partial charge is 0.245 e. The number of likely N-dealkylation sites (tertiary alicyclic amines) is 1. The quantitative estimate of drug-likeness (QED) is 0.812. The van der Waals surface area contributed by atoms with Crippen LogP contribution in [-0.2, 0) is 9.53 Å². The lowest BCUT2D eigenvalue weighted by Gasteiger charge is -2.27. The Kier molecular flexibility index (Phi) is 4.01. The van der Waals surface area contributed by atoms with Gasteiger partial charge in [0.15, 0.2) is 0 Å². The van der Waals surface area contributed by atoms with Crippen LogP contribution in [0.1, 0.15) is 31.6 Å². The lowest BCUT2D eigenvalue weighted by molar-refractivity contribution is -0.136. The second kappa shape index (κ2) is 5.52. The molecule has 5 heteroatoms. The van der Waals surface area contributed by atoms with E-state index >= 15 is 0 Å². The minimum atomic E-state index is -0.190. The van der Waals surface area contributed by atoms with Crippen molar-refractivity contribution in [3.05, 3.63) is 18.2 Å². The molecule has 0 radical (unpaired) electrons. The van der Waals surface area contributed by atoms with Crippen molar-refractivity contribution in [3.8, 4) is 0 Å². The van der Waals surface area contributed by atoms with Gasteiger partial charge in [-0.3, -0.25) is 4.79 Å². The number of ether oxygens (including phenoxy) is 1. The number of nitrogens with zero attached hydrogens (tertiary/aromatic N) is 3. The molecule has 100 valence electrons. The highest BCUT2D eigenvalue weighted by atomic mass is 16.5. The summed E-state index contributed by atoms with van der Waals surface area (Å²) in [6.45, 7) is 5.31. The van der Waals surface area contributed by atoms with E-state index in [0.29, 0.717) is 6.61 Å². The van der Waals surface area contributed by atoms with Crippen molar-refractivity contribution in [1.29, 1.82) is 0 Å². The summed E-state index contributed by atoms with van der Waals surface area (Å²) in [7, 11) is 1.68. The maximum Gasteiger partial charge on any atom is 0.245 e. The van der Waals surface area contributed by atoms with Crippen LogP contribution in [0.25, 0.3) is 0 Å². The number of hydrogen-bond acceptors (Lipinski definition) is 3.